The third-order valence-corrected chi connectivity index (χ3v) is 2.90. The van der Waals surface area contributed by atoms with Gasteiger partial charge in [0, 0.05) is 0 Å². The molecule has 19 heavy (non-hydrogen) atoms. The lowest BCUT2D eigenvalue weighted by Gasteiger charge is -2.05. The smallest absolute Gasteiger partial charge is 0.129 e. The molecule has 0 amide bonds. The van der Waals surface area contributed by atoms with Crippen LogP contribution in [0.4, 0.5) is 0 Å². The van der Waals surface area contributed by atoms with Crippen LogP contribution in [0.15, 0.2) is 40.8 Å². The largest absolute Gasteiger partial charge is 0.497 e. The number of benzene rings is 1. The van der Waals surface area contributed by atoms with Crippen LogP contribution in [0, 0.1) is 0 Å². The van der Waals surface area contributed by atoms with Crippen molar-refractivity contribution in [2.45, 2.75) is 19.6 Å². The molecule has 0 spiro atoms. The highest BCUT2D eigenvalue weighted by Gasteiger charge is 2.00. The normalized spacial score (nSPS) is 10.6. The van der Waals surface area contributed by atoms with Crippen molar-refractivity contribution in [2.24, 2.45) is 0 Å². The zero-order valence-corrected chi connectivity index (χ0v) is 11.1. The highest BCUT2D eigenvalue weighted by atomic mass is 16.5. The summed E-state index contributed by atoms with van der Waals surface area (Å²) < 4.78 is 10.6. The van der Waals surface area contributed by atoms with E-state index in [1.807, 2.05) is 24.3 Å². The topological polar surface area (TPSA) is 54.6 Å². The molecule has 1 heterocycles. The van der Waals surface area contributed by atoms with Crippen molar-refractivity contribution in [1.29, 1.82) is 0 Å². The van der Waals surface area contributed by atoms with Crippen molar-refractivity contribution >= 4 is 0 Å². The molecule has 0 aliphatic heterocycles. The van der Waals surface area contributed by atoms with E-state index in [1.165, 1.54) is 5.56 Å². The van der Waals surface area contributed by atoms with Crippen LogP contribution in [0.5, 0.6) is 5.75 Å². The molecule has 2 rings (SSSR count). The van der Waals surface area contributed by atoms with Crippen molar-refractivity contribution in [3.8, 4) is 5.75 Å². The van der Waals surface area contributed by atoms with Gasteiger partial charge in [-0.1, -0.05) is 12.1 Å². The van der Waals surface area contributed by atoms with Crippen molar-refractivity contribution in [3.05, 3.63) is 53.5 Å². The number of rotatable bonds is 7. The zero-order valence-electron chi connectivity index (χ0n) is 11.1. The maximum atomic E-state index is 8.89. The van der Waals surface area contributed by atoms with Gasteiger partial charge in [0.25, 0.3) is 0 Å². The predicted octanol–water partition coefficient (Wildman–Crippen LogP) is 2.11. The Kier molecular flexibility index (Phi) is 5.01. The minimum Gasteiger partial charge on any atom is -0.497 e. The van der Waals surface area contributed by atoms with Gasteiger partial charge in [0.2, 0.25) is 0 Å². The number of ether oxygens (including phenoxy) is 1. The molecule has 0 radical (unpaired) electrons. The van der Waals surface area contributed by atoms with Gasteiger partial charge in [0.05, 0.1) is 13.7 Å². The minimum atomic E-state index is -0.0518. The SMILES string of the molecule is COc1cccc(CCNCc2ccc(CO)o2)c1. The minimum absolute atomic E-state index is 0.0518. The van der Waals surface area contributed by atoms with Gasteiger partial charge < -0.3 is 19.6 Å². The summed E-state index contributed by atoms with van der Waals surface area (Å²) in [6.45, 7) is 1.48. The number of aliphatic hydroxyl groups excluding tert-OH is 1. The Labute approximate surface area is 113 Å². The summed E-state index contributed by atoms with van der Waals surface area (Å²) in [5.41, 5.74) is 1.24. The number of hydrogen-bond donors (Lipinski definition) is 2. The van der Waals surface area contributed by atoms with E-state index in [9.17, 15) is 0 Å². The molecular formula is C15H19NO3. The van der Waals surface area contributed by atoms with E-state index in [0.29, 0.717) is 12.3 Å². The quantitative estimate of drug-likeness (QED) is 0.750. The van der Waals surface area contributed by atoms with Crippen molar-refractivity contribution < 1.29 is 14.3 Å². The molecule has 0 saturated carbocycles. The van der Waals surface area contributed by atoms with Gasteiger partial charge in [-0.05, 0) is 42.8 Å². The van der Waals surface area contributed by atoms with E-state index in [1.54, 1.807) is 13.2 Å². The van der Waals surface area contributed by atoms with Gasteiger partial charge in [0.15, 0.2) is 0 Å². The Bertz CT molecular complexity index is 508. The van der Waals surface area contributed by atoms with Crippen molar-refractivity contribution in [1.82, 2.24) is 5.32 Å². The van der Waals surface area contributed by atoms with Gasteiger partial charge in [-0.25, -0.2) is 0 Å². The summed E-state index contributed by atoms with van der Waals surface area (Å²) in [4.78, 5) is 0. The molecule has 0 saturated heterocycles. The fraction of sp³-hybridized carbons (Fsp3) is 0.333. The van der Waals surface area contributed by atoms with Crippen LogP contribution in [-0.2, 0) is 19.6 Å². The molecule has 4 heteroatoms. The van der Waals surface area contributed by atoms with Crippen LogP contribution in [-0.4, -0.2) is 18.8 Å². The molecular weight excluding hydrogens is 242 g/mol. The average Bonchev–Trinajstić information content (AvgIpc) is 2.92. The summed E-state index contributed by atoms with van der Waals surface area (Å²) in [6.07, 6.45) is 0.935. The maximum Gasteiger partial charge on any atom is 0.129 e. The van der Waals surface area contributed by atoms with E-state index in [2.05, 4.69) is 11.4 Å². The van der Waals surface area contributed by atoms with E-state index >= 15 is 0 Å². The third kappa shape index (κ3) is 4.12. The molecule has 1 aromatic carbocycles. The molecule has 0 fully saturated rings. The van der Waals surface area contributed by atoms with Crippen LogP contribution in [0.1, 0.15) is 17.1 Å². The van der Waals surface area contributed by atoms with E-state index in [-0.39, 0.29) is 6.61 Å². The summed E-state index contributed by atoms with van der Waals surface area (Å²) in [7, 11) is 1.67. The molecule has 102 valence electrons. The van der Waals surface area contributed by atoms with Gasteiger partial charge in [-0.15, -0.1) is 0 Å². The second-order valence-electron chi connectivity index (χ2n) is 4.30. The van der Waals surface area contributed by atoms with E-state index < -0.39 is 0 Å². The van der Waals surface area contributed by atoms with Crippen LogP contribution >= 0.6 is 0 Å². The fourth-order valence-electron chi connectivity index (χ4n) is 1.87. The summed E-state index contributed by atoms with van der Waals surface area (Å²) in [5, 5.41) is 12.2. The monoisotopic (exact) mass is 261 g/mol. The standard InChI is InChI=1S/C15H19NO3/c1-18-13-4-2-3-12(9-13)7-8-16-10-14-5-6-15(11-17)19-14/h2-6,9,16-17H,7-8,10-11H2,1H3. The lowest BCUT2D eigenvalue weighted by Crippen LogP contribution is -2.16. The van der Waals surface area contributed by atoms with Crippen LogP contribution in [0.3, 0.4) is 0 Å². The first-order chi connectivity index (χ1) is 9.31. The van der Waals surface area contributed by atoms with Crippen LogP contribution < -0.4 is 10.1 Å². The molecule has 0 unspecified atom stereocenters. The second-order valence-corrected chi connectivity index (χ2v) is 4.30. The summed E-state index contributed by atoms with van der Waals surface area (Å²) in [5.74, 6) is 2.33. The van der Waals surface area contributed by atoms with Crippen molar-refractivity contribution in [2.75, 3.05) is 13.7 Å². The van der Waals surface area contributed by atoms with Gasteiger partial charge >= 0.3 is 0 Å². The predicted molar refractivity (Wildman–Crippen MR) is 73.0 cm³/mol. The Morgan fingerprint density at radius 2 is 2.05 bits per heavy atom. The molecule has 2 aromatic rings. The van der Waals surface area contributed by atoms with E-state index in [4.69, 9.17) is 14.3 Å². The van der Waals surface area contributed by atoms with E-state index in [0.717, 1.165) is 24.5 Å². The molecule has 1 aromatic heterocycles. The van der Waals surface area contributed by atoms with Crippen LogP contribution in [0.2, 0.25) is 0 Å². The number of furan rings is 1. The Hall–Kier alpha value is -1.78. The molecule has 4 nitrogen and oxygen atoms in total. The van der Waals surface area contributed by atoms with Gasteiger partial charge in [-0.3, -0.25) is 0 Å². The van der Waals surface area contributed by atoms with Crippen molar-refractivity contribution in [3.63, 3.8) is 0 Å². The lowest BCUT2D eigenvalue weighted by molar-refractivity contribution is 0.243. The first-order valence-corrected chi connectivity index (χ1v) is 6.34. The average molecular weight is 261 g/mol. The van der Waals surface area contributed by atoms with Crippen LogP contribution in [0.25, 0.3) is 0 Å². The number of nitrogens with one attached hydrogen (secondary N) is 1. The first kappa shape index (κ1) is 13.6. The highest BCUT2D eigenvalue weighted by molar-refractivity contribution is 5.28. The summed E-state index contributed by atoms with van der Waals surface area (Å²) in [6, 6.07) is 11.7. The maximum absolute atomic E-state index is 8.89. The lowest BCUT2D eigenvalue weighted by atomic mass is 10.1. The number of methoxy groups -OCH3 is 1. The molecule has 2 N–H and O–H groups in total. The molecule has 0 aliphatic rings. The Morgan fingerprint density at radius 3 is 2.79 bits per heavy atom. The zero-order chi connectivity index (χ0) is 13.5. The highest BCUT2D eigenvalue weighted by Crippen LogP contribution is 2.12. The second kappa shape index (κ2) is 6.97. The number of hydrogen-bond acceptors (Lipinski definition) is 4. The van der Waals surface area contributed by atoms with Gasteiger partial charge in [0.1, 0.15) is 23.9 Å². The fourth-order valence-corrected chi connectivity index (χ4v) is 1.87. The Morgan fingerprint density at radius 1 is 1.21 bits per heavy atom. The Balaban J connectivity index is 1.74. The first-order valence-electron chi connectivity index (χ1n) is 6.34. The number of aliphatic hydroxyl groups is 1. The third-order valence-electron chi connectivity index (χ3n) is 2.90. The molecule has 0 atom stereocenters. The summed E-state index contributed by atoms with van der Waals surface area (Å²) >= 11 is 0. The molecule has 0 aliphatic carbocycles. The van der Waals surface area contributed by atoms with Gasteiger partial charge in [-0.2, -0.15) is 0 Å². The molecule has 0 bridgehead atoms.